The van der Waals surface area contributed by atoms with Gasteiger partial charge < -0.3 is 15.8 Å². The van der Waals surface area contributed by atoms with Gasteiger partial charge in [0.1, 0.15) is 0 Å². The summed E-state index contributed by atoms with van der Waals surface area (Å²) in [5.41, 5.74) is 5.57. The number of ether oxygens (including phenoxy) is 1. The maximum atomic E-state index is 5.70. The van der Waals surface area contributed by atoms with E-state index < -0.39 is 0 Å². The van der Waals surface area contributed by atoms with Gasteiger partial charge in [0.15, 0.2) is 0 Å². The van der Waals surface area contributed by atoms with Crippen molar-refractivity contribution < 1.29 is 4.74 Å². The molecule has 3 heteroatoms. The highest BCUT2D eigenvalue weighted by molar-refractivity contribution is 4.77. The van der Waals surface area contributed by atoms with Gasteiger partial charge in [-0.2, -0.15) is 0 Å². The van der Waals surface area contributed by atoms with Crippen LogP contribution in [-0.4, -0.2) is 32.3 Å². The number of piperidine rings is 1. The Kier molecular flexibility index (Phi) is 5.35. The molecular weight excluding hydrogens is 164 g/mol. The lowest BCUT2D eigenvalue weighted by Gasteiger charge is -2.30. The first-order valence-corrected chi connectivity index (χ1v) is 5.40. The highest BCUT2D eigenvalue weighted by Gasteiger charge is 2.22. The second-order valence-electron chi connectivity index (χ2n) is 3.68. The molecule has 0 aliphatic carbocycles. The van der Waals surface area contributed by atoms with Crippen molar-refractivity contribution >= 4 is 0 Å². The SMILES string of the molecule is CCOC(CCN)C1CCCNC1. The Labute approximate surface area is 81.0 Å². The predicted molar refractivity (Wildman–Crippen MR) is 54.7 cm³/mol. The van der Waals surface area contributed by atoms with Gasteiger partial charge in [-0.3, -0.25) is 0 Å². The molecule has 13 heavy (non-hydrogen) atoms. The summed E-state index contributed by atoms with van der Waals surface area (Å²) < 4.78 is 5.70. The average Bonchev–Trinajstić information content (AvgIpc) is 2.19. The Bertz CT molecular complexity index is 118. The van der Waals surface area contributed by atoms with Gasteiger partial charge in [0.2, 0.25) is 0 Å². The average molecular weight is 186 g/mol. The quantitative estimate of drug-likeness (QED) is 0.666. The third-order valence-corrected chi connectivity index (χ3v) is 2.69. The Hall–Kier alpha value is -0.120. The number of hydrogen-bond donors (Lipinski definition) is 2. The van der Waals surface area contributed by atoms with Crippen LogP contribution in [0.5, 0.6) is 0 Å². The fourth-order valence-corrected chi connectivity index (χ4v) is 2.03. The number of rotatable bonds is 5. The van der Waals surface area contributed by atoms with E-state index in [0.29, 0.717) is 12.0 Å². The van der Waals surface area contributed by atoms with Crippen LogP contribution in [0.25, 0.3) is 0 Å². The van der Waals surface area contributed by atoms with E-state index in [1.54, 1.807) is 0 Å². The molecule has 1 aliphatic heterocycles. The highest BCUT2D eigenvalue weighted by Crippen LogP contribution is 2.19. The van der Waals surface area contributed by atoms with E-state index in [2.05, 4.69) is 12.2 Å². The normalized spacial score (nSPS) is 25.8. The lowest BCUT2D eigenvalue weighted by molar-refractivity contribution is 0.00811. The lowest BCUT2D eigenvalue weighted by atomic mass is 9.92. The first kappa shape index (κ1) is 11.0. The fourth-order valence-electron chi connectivity index (χ4n) is 2.03. The van der Waals surface area contributed by atoms with Gasteiger partial charge in [-0.05, 0) is 45.2 Å². The summed E-state index contributed by atoms with van der Waals surface area (Å²) in [5.74, 6) is 0.678. The van der Waals surface area contributed by atoms with Crippen LogP contribution in [0.1, 0.15) is 26.2 Å². The molecule has 0 aromatic carbocycles. The summed E-state index contributed by atoms with van der Waals surface area (Å²) in [6.07, 6.45) is 3.94. The predicted octanol–water partition coefficient (Wildman–Crippen LogP) is 0.740. The van der Waals surface area contributed by atoms with E-state index >= 15 is 0 Å². The molecule has 0 saturated carbocycles. The van der Waals surface area contributed by atoms with Gasteiger partial charge in [-0.1, -0.05) is 0 Å². The molecule has 3 N–H and O–H groups in total. The van der Waals surface area contributed by atoms with E-state index in [4.69, 9.17) is 10.5 Å². The Morgan fingerprint density at radius 1 is 1.62 bits per heavy atom. The standard InChI is InChI=1S/C10H22N2O/c1-2-13-10(5-6-11)9-4-3-7-12-8-9/h9-10,12H,2-8,11H2,1H3. The van der Waals surface area contributed by atoms with Crippen molar-refractivity contribution in [2.75, 3.05) is 26.2 Å². The Morgan fingerprint density at radius 3 is 3.00 bits per heavy atom. The van der Waals surface area contributed by atoms with Crippen LogP contribution in [0.2, 0.25) is 0 Å². The molecule has 0 spiro atoms. The van der Waals surface area contributed by atoms with Crippen molar-refractivity contribution in [2.45, 2.75) is 32.3 Å². The number of nitrogens with one attached hydrogen (secondary N) is 1. The molecule has 1 heterocycles. The van der Waals surface area contributed by atoms with Gasteiger partial charge in [0.25, 0.3) is 0 Å². The molecule has 1 fully saturated rings. The van der Waals surface area contributed by atoms with Crippen LogP contribution >= 0.6 is 0 Å². The molecule has 1 saturated heterocycles. The maximum Gasteiger partial charge on any atom is 0.0627 e. The van der Waals surface area contributed by atoms with Crippen LogP contribution in [0.4, 0.5) is 0 Å². The maximum absolute atomic E-state index is 5.70. The minimum Gasteiger partial charge on any atom is -0.378 e. The van der Waals surface area contributed by atoms with Crippen molar-refractivity contribution in [3.05, 3.63) is 0 Å². The largest absolute Gasteiger partial charge is 0.378 e. The van der Waals surface area contributed by atoms with Crippen LogP contribution in [0.15, 0.2) is 0 Å². The van der Waals surface area contributed by atoms with E-state index in [1.165, 1.54) is 12.8 Å². The van der Waals surface area contributed by atoms with Gasteiger partial charge in [0.05, 0.1) is 6.10 Å². The molecular formula is C10H22N2O. The van der Waals surface area contributed by atoms with Crippen LogP contribution in [0, 0.1) is 5.92 Å². The number of nitrogens with two attached hydrogens (primary N) is 1. The molecule has 2 atom stereocenters. The minimum absolute atomic E-state index is 0.378. The molecule has 78 valence electrons. The van der Waals surface area contributed by atoms with Crippen molar-refractivity contribution in [2.24, 2.45) is 11.7 Å². The Balaban J connectivity index is 2.32. The molecule has 1 aliphatic rings. The van der Waals surface area contributed by atoms with E-state index in [1.807, 2.05) is 0 Å². The second-order valence-corrected chi connectivity index (χ2v) is 3.68. The van der Waals surface area contributed by atoms with Crippen LogP contribution in [0.3, 0.4) is 0 Å². The topological polar surface area (TPSA) is 47.3 Å². The van der Waals surface area contributed by atoms with Gasteiger partial charge in [-0.15, -0.1) is 0 Å². The summed E-state index contributed by atoms with van der Waals surface area (Å²) in [6, 6.07) is 0. The van der Waals surface area contributed by atoms with E-state index in [0.717, 1.165) is 32.7 Å². The summed E-state index contributed by atoms with van der Waals surface area (Å²) in [4.78, 5) is 0. The first-order valence-electron chi connectivity index (χ1n) is 5.40. The zero-order valence-electron chi connectivity index (χ0n) is 8.59. The van der Waals surface area contributed by atoms with Gasteiger partial charge in [0, 0.05) is 13.2 Å². The van der Waals surface area contributed by atoms with Gasteiger partial charge in [-0.25, -0.2) is 0 Å². The van der Waals surface area contributed by atoms with Crippen LogP contribution < -0.4 is 11.1 Å². The third kappa shape index (κ3) is 3.63. The van der Waals surface area contributed by atoms with Crippen molar-refractivity contribution in [1.29, 1.82) is 0 Å². The fraction of sp³-hybridized carbons (Fsp3) is 1.00. The molecule has 1 rings (SSSR count). The molecule has 3 nitrogen and oxygen atoms in total. The van der Waals surface area contributed by atoms with Crippen molar-refractivity contribution in [3.8, 4) is 0 Å². The summed E-state index contributed by atoms with van der Waals surface area (Å²) >= 11 is 0. The summed E-state index contributed by atoms with van der Waals surface area (Å²) in [7, 11) is 0. The smallest absolute Gasteiger partial charge is 0.0627 e. The minimum atomic E-state index is 0.378. The summed E-state index contributed by atoms with van der Waals surface area (Å²) in [6.45, 7) is 5.87. The molecule has 2 unspecified atom stereocenters. The zero-order chi connectivity index (χ0) is 9.52. The zero-order valence-corrected chi connectivity index (χ0v) is 8.59. The molecule has 0 radical (unpaired) electrons. The second kappa shape index (κ2) is 6.35. The van der Waals surface area contributed by atoms with E-state index in [9.17, 15) is 0 Å². The molecule has 0 aromatic heterocycles. The summed E-state index contributed by atoms with van der Waals surface area (Å²) in [5, 5.41) is 3.41. The number of hydrogen-bond acceptors (Lipinski definition) is 3. The molecule has 0 amide bonds. The van der Waals surface area contributed by atoms with Crippen molar-refractivity contribution in [1.82, 2.24) is 5.32 Å². The highest BCUT2D eigenvalue weighted by atomic mass is 16.5. The first-order chi connectivity index (χ1) is 6.38. The third-order valence-electron chi connectivity index (χ3n) is 2.69. The van der Waals surface area contributed by atoms with Crippen molar-refractivity contribution in [3.63, 3.8) is 0 Å². The Morgan fingerprint density at radius 2 is 2.46 bits per heavy atom. The monoisotopic (exact) mass is 186 g/mol. The van der Waals surface area contributed by atoms with E-state index in [-0.39, 0.29) is 0 Å². The molecule has 0 bridgehead atoms. The van der Waals surface area contributed by atoms with Crippen LogP contribution in [-0.2, 0) is 4.74 Å². The van der Waals surface area contributed by atoms with Gasteiger partial charge >= 0.3 is 0 Å². The molecule has 0 aromatic rings. The lowest BCUT2D eigenvalue weighted by Crippen LogP contribution is -2.39.